The lowest BCUT2D eigenvalue weighted by Crippen LogP contribution is -2.30. The van der Waals surface area contributed by atoms with Crippen LogP contribution in [-0.4, -0.2) is 96.7 Å². The molecule has 0 aromatic heterocycles. The fraction of sp³-hybridized carbons (Fsp3) is 0.935. The molecule has 0 heterocycles. The fourth-order valence-electron chi connectivity index (χ4n) is 9.20. The molecule has 0 aliphatic heterocycles. The van der Waals surface area contributed by atoms with E-state index in [0.717, 1.165) is 115 Å². The molecule has 0 aliphatic carbocycles. The van der Waals surface area contributed by atoms with Crippen molar-refractivity contribution >= 4 is 39.5 Å². The van der Waals surface area contributed by atoms with Crippen LogP contribution in [0.25, 0.3) is 0 Å². The van der Waals surface area contributed by atoms with E-state index in [1.807, 2.05) is 0 Å². The van der Waals surface area contributed by atoms with Gasteiger partial charge >= 0.3 is 39.5 Å². The van der Waals surface area contributed by atoms with Crippen LogP contribution in [0.15, 0.2) is 0 Å². The van der Waals surface area contributed by atoms with Gasteiger partial charge in [-0.05, 0) is 31.6 Å². The highest BCUT2D eigenvalue weighted by Crippen LogP contribution is 2.45. The molecule has 0 aromatic carbocycles. The van der Waals surface area contributed by atoms with Crippen molar-refractivity contribution in [2.75, 3.05) is 39.6 Å². The molecule has 480 valence electrons. The number of ether oxygens (including phenoxy) is 4. The van der Waals surface area contributed by atoms with Crippen LogP contribution in [0.4, 0.5) is 0 Å². The number of hydrogen-bond donors (Lipinski definition) is 3. The Morgan fingerprint density at radius 3 is 0.877 bits per heavy atom. The Labute approximate surface area is 492 Å². The summed E-state index contributed by atoms with van der Waals surface area (Å²) < 4.78 is 67.6. The maximum atomic E-state index is 13.0. The van der Waals surface area contributed by atoms with Crippen molar-refractivity contribution in [2.24, 2.45) is 5.92 Å². The van der Waals surface area contributed by atoms with Crippen LogP contribution in [0, 0.1) is 5.92 Å². The van der Waals surface area contributed by atoms with Crippen LogP contribution in [0.2, 0.25) is 0 Å². The molecule has 17 nitrogen and oxygen atoms in total. The van der Waals surface area contributed by atoms with E-state index in [2.05, 4.69) is 34.6 Å². The average Bonchev–Trinajstić information content (AvgIpc) is 3.44. The van der Waals surface area contributed by atoms with Gasteiger partial charge in [0.1, 0.15) is 19.3 Å². The molecule has 81 heavy (non-hydrogen) atoms. The largest absolute Gasteiger partial charge is 0.472 e. The zero-order valence-electron chi connectivity index (χ0n) is 51.9. The van der Waals surface area contributed by atoms with Crippen molar-refractivity contribution in [3.8, 4) is 0 Å². The van der Waals surface area contributed by atoms with Crippen molar-refractivity contribution in [3.63, 3.8) is 0 Å². The fourth-order valence-corrected chi connectivity index (χ4v) is 10.8. The minimum absolute atomic E-state index is 0.103. The topological polar surface area (TPSA) is 237 Å². The lowest BCUT2D eigenvalue weighted by molar-refractivity contribution is -0.161. The quantitative estimate of drug-likeness (QED) is 0.0222. The molecule has 0 saturated carbocycles. The van der Waals surface area contributed by atoms with Gasteiger partial charge in [-0.2, -0.15) is 0 Å². The summed E-state index contributed by atoms with van der Waals surface area (Å²) in [6, 6.07) is 0. The van der Waals surface area contributed by atoms with Gasteiger partial charge in [-0.15, -0.1) is 0 Å². The first-order valence-corrected chi connectivity index (χ1v) is 35.7. The normalized spacial score (nSPS) is 14.6. The van der Waals surface area contributed by atoms with Crippen molar-refractivity contribution in [3.05, 3.63) is 0 Å². The average molecular weight is 1200 g/mol. The minimum Gasteiger partial charge on any atom is -0.462 e. The predicted octanol–water partition coefficient (Wildman–Crippen LogP) is 17.0. The number of carbonyl (C=O) groups is 4. The van der Waals surface area contributed by atoms with Gasteiger partial charge in [-0.25, -0.2) is 9.13 Å². The third-order valence-corrected chi connectivity index (χ3v) is 16.5. The van der Waals surface area contributed by atoms with Gasteiger partial charge in [0.05, 0.1) is 26.4 Å². The number of esters is 4. The summed E-state index contributed by atoms with van der Waals surface area (Å²) in [5, 5.41) is 10.5. The van der Waals surface area contributed by atoms with Gasteiger partial charge < -0.3 is 33.8 Å². The molecule has 3 unspecified atom stereocenters. The summed E-state index contributed by atoms with van der Waals surface area (Å²) in [4.78, 5) is 71.7. The summed E-state index contributed by atoms with van der Waals surface area (Å²) in [5.41, 5.74) is 0. The highest BCUT2D eigenvalue weighted by Gasteiger charge is 2.30. The Hall–Kier alpha value is -1.94. The monoisotopic (exact) mass is 1200 g/mol. The number of phosphoric acid groups is 2. The van der Waals surface area contributed by atoms with Crippen molar-refractivity contribution < 1.29 is 80.2 Å². The number of rotatable bonds is 62. The SMILES string of the molecule is CCCCCCCCCCCCCC(=O)OC[C@H](COP(=O)(O)OC[C@@H](O)COP(=O)(O)OC[C@@H](COC(=O)CCCCCCC)OC(=O)CCCCCCCCC)OC(=O)CCCCCCCCCCCCCCCCC(C)CC. The zero-order valence-corrected chi connectivity index (χ0v) is 53.7. The van der Waals surface area contributed by atoms with Crippen LogP contribution >= 0.6 is 15.6 Å². The minimum atomic E-state index is -4.94. The molecule has 0 saturated heterocycles. The van der Waals surface area contributed by atoms with Crippen molar-refractivity contribution in [1.82, 2.24) is 0 Å². The summed E-state index contributed by atoms with van der Waals surface area (Å²) in [5.74, 6) is -1.30. The van der Waals surface area contributed by atoms with Gasteiger partial charge in [0.25, 0.3) is 0 Å². The predicted molar refractivity (Wildman–Crippen MR) is 322 cm³/mol. The van der Waals surface area contributed by atoms with E-state index in [1.54, 1.807) is 0 Å². The summed E-state index contributed by atoms with van der Waals surface area (Å²) in [6.07, 6.45) is 39.4. The van der Waals surface area contributed by atoms with Gasteiger partial charge in [-0.3, -0.25) is 37.3 Å². The van der Waals surface area contributed by atoms with E-state index in [0.29, 0.717) is 25.7 Å². The summed E-state index contributed by atoms with van der Waals surface area (Å²) in [7, 11) is -9.87. The van der Waals surface area contributed by atoms with E-state index in [4.69, 9.17) is 37.0 Å². The number of hydrogen-bond acceptors (Lipinski definition) is 15. The Bertz CT molecular complexity index is 1590. The standard InChI is InChI=1S/C62H120O17P2/c1-6-10-13-16-18-19-24-28-32-36-41-46-60(65)73-52-58(79-62(67)48-43-38-33-29-26-23-21-20-22-25-27-31-35-39-44-55(5)9-4)54-77-81(70,71)75-50-56(63)49-74-80(68,69)76-53-57(51-72-59(64)45-40-34-15-12-8-3)78-61(66)47-42-37-30-17-14-11-7-2/h55-58,63H,6-54H2,1-5H3,(H,68,69)(H,70,71)/t55?,56-,57+,58+/m0/s1. The maximum Gasteiger partial charge on any atom is 0.472 e. The van der Waals surface area contributed by atoms with Crippen LogP contribution in [-0.2, 0) is 65.4 Å². The number of aliphatic hydroxyl groups excluding tert-OH is 1. The van der Waals surface area contributed by atoms with Crippen LogP contribution < -0.4 is 0 Å². The molecule has 0 aliphatic rings. The van der Waals surface area contributed by atoms with Crippen LogP contribution in [0.3, 0.4) is 0 Å². The van der Waals surface area contributed by atoms with E-state index >= 15 is 0 Å². The smallest absolute Gasteiger partial charge is 0.462 e. The molecular formula is C62H120O17P2. The number of carbonyl (C=O) groups excluding carboxylic acids is 4. The third-order valence-electron chi connectivity index (χ3n) is 14.6. The van der Waals surface area contributed by atoms with Crippen LogP contribution in [0.1, 0.15) is 311 Å². The lowest BCUT2D eigenvalue weighted by Gasteiger charge is -2.21. The second kappa shape index (κ2) is 55.9. The molecule has 0 bridgehead atoms. The maximum absolute atomic E-state index is 13.0. The molecule has 0 amide bonds. The van der Waals surface area contributed by atoms with E-state index in [9.17, 15) is 43.2 Å². The Kier molecular flexibility index (Phi) is 54.6. The van der Waals surface area contributed by atoms with Crippen LogP contribution in [0.5, 0.6) is 0 Å². The molecule has 3 N–H and O–H groups in total. The molecule has 0 rings (SSSR count). The molecule has 0 fully saturated rings. The Balaban J connectivity index is 5.12. The van der Waals surface area contributed by atoms with Gasteiger partial charge in [0, 0.05) is 25.7 Å². The van der Waals surface area contributed by atoms with E-state index in [-0.39, 0.29) is 25.7 Å². The molecule has 19 heteroatoms. The summed E-state index contributed by atoms with van der Waals surface area (Å²) in [6.45, 7) is 7.10. The first-order chi connectivity index (χ1) is 39.1. The van der Waals surface area contributed by atoms with Crippen molar-refractivity contribution in [2.45, 2.75) is 329 Å². The number of aliphatic hydroxyl groups is 1. The highest BCUT2D eigenvalue weighted by atomic mass is 31.2. The van der Waals surface area contributed by atoms with E-state index < -0.39 is 97.5 Å². The summed E-state index contributed by atoms with van der Waals surface area (Å²) >= 11 is 0. The van der Waals surface area contributed by atoms with Gasteiger partial charge in [-0.1, -0.05) is 259 Å². The second-order valence-electron chi connectivity index (χ2n) is 22.7. The van der Waals surface area contributed by atoms with Crippen molar-refractivity contribution in [1.29, 1.82) is 0 Å². The third kappa shape index (κ3) is 55.7. The lowest BCUT2D eigenvalue weighted by atomic mass is 9.99. The molecule has 6 atom stereocenters. The zero-order chi connectivity index (χ0) is 59.9. The highest BCUT2D eigenvalue weighted by molar-refractivity contribution is 7.47. The Morgan fingerprint density at radius 1 is 0.346 bits per heavy atom. The first-order valence-electron chi connectivity index (χ1n) is 32.7. The molecule has 0 radical (unpaired) electrons. The first kappa shape index (κ1) is 79.1. The van der Waals surface area contributed by atoms with Gasteiger partial charge in [0.2, 0.25) is 0 Å². The second-order valence-corrected chi connectivity index (χ2v) is 25.6. The number of phosphoric ester groups is 2. The van der Waals surface area contributed by atoms with E-state index in [1.165, 1.54) is 116 Å². The Morgan fingerprint density at radius 2 is 0.593 bits per heavy atom. The molecule has 0 spiro atoms. The van der Waals surface area contributed by atoms with Gasteiger partial charge in [0.15, 0.2) is 12.2 Å². The molecular weight excluding hydrogens is 1080 g/mol. The number of unbranched alkanes of at least 4 members (excludes halogenated alkanes) is 33. The molecule has 0 aromatic rings.